The second-order valence-corrected chi connectivity index (χ2v) is 12.0. The van der Waals surface area contributed by atoms with Gasteiger partial charge in [-0.1, -0.05) is 84.8 Å². The molecule has 3 aromatic rings. The van der Waals surface area contributed by atoms with Crippen LogP contribution >= 0.6 is 0 Å². The van der Waals surface area contributed by atoms with Gasteiger partial charge in [0.2, 0.25) is 0 Å². The molecule has 5 rings (SSSR count). The van der Waals surface area contributed by atoms with Crippen molar-refractivity contribution in [3.8, 4) is 11.1 Å². The van der Waals surface area contributed by atoms with Crippen LogP contribution < -0.4 is 5.32 Å². The standard InChI is InChI=1S/C36H43N/c1-23-19-25(3)34(26(4)20-23)29-10-14-31(15-11-29)36(7,33-9-8-18-37-33)32-16-12-30(13-17-32)35-27(5)21-24(2)22-28(35)6/h10-17,19-21,28,33,37H,8-9,18,22H2,1-7H3/t28?,33?,36-/m1/s1. The summed E-state index contributed by atoms with van der Waals surface area (Å²) in [7, 11) is 0. The van der Waals surface area contributed by atoms with Crippen molar-refractivity contribution >= 4 is 5.57 Å². The van der Waals surface area contributed by atoms with E-state index in [0.29, 0.717) is 12.0 Å². The molecule has 0 aromatic heterocycles. The van der Waals surface area contributed by atoms with E-state index < -0.39 is 0 Å². The lowest BCUT2D eigenvalue weighted by atomic mass is 9.69. The molecule has 0 radical (unpaired) electrons. The predicted molar refractivity (Wildman–Crippen MR) is 160 cm³/mol. The van der Waals surface area contributed by atoms with E-state index in [1.165, 1.54) is 74.1 Å². The van der Waals surface area contributed by atoms with Crippen LogP contribution in [-0.2, 0) is 5.41 Å². The van der Waals surface area contributed by atoms with Crippen LogP contribution in [0.1, 0.15) is 80.3 Å². The molecule has 2 aliphatic rings. The molecule has 1 saturated heterocycles. The maximum atomic E-state index is 3.84. The van der Waals surface area contributed by atoms with E-state index in [0.717, 1.165) is 13.0 Å². The molecule has 1 nitrogen and oxygen atoms in total. The van der Waals surface area contributed by atoms with Crippen molar-refractivity contribution in [2.24, 2.45) is 5.92 Å². The molecule has 37 heavy (non-hydrogen) atoms. The van der Waals surface area contributed by atoms with Gasteiger partial charge in [-0.3, -0.25) is 0 Å². The summed E-state index contributed by atoms with van der Waals surface area (Å²) in [6.07, 6.45) is 5.98. The largest absolute Gasteiger partial charge is 0.313 e. The molecule has 1 heteroatoms. The van der Waals surface area contributed by atoms with Gasteiger partial charge in [-0.2, -0.15) is 0 Å². The van der Waals surface area contributed by atoms with Gasteiger partial charge >= 0.3 is 0 Å². The lowest BCUT2D eigenvalue weighted by Gasteiger charge is -2.37. The van der Waals surface area contributed by atoms with Gasteiger partial charge in [-0.05, 0) is 123 Å². The number of allylic oxidation sites excluding steroid dienone is 4. The predicted octanol–water partition coefficient (Wildman–Crippen LogP) is 9.10. The summed E-state index contributed by atoms with van der Waals surface area (Å²) in [5.74, 6) is 0.569. The molecule has 2 unspecified atom stereocenters. The van der Waals surface area contributed by atoms with Crippen molar-refractivity contribution in [3.05, 3.63) is 111 Å². The zero-order chi connectivity index (χ0) is 26.3. The lowest BCUT2D eigenvalue weighted by Crippen LogP contribution is -2.44. The molecule has 1 heterocycles. The van der Waals surface area contributed by atoms with E-state index in [1.807, 2.05) is 0 Å². The van der Waals surface area contributed by atoms with E-state index in [9.17, 15) is 0 Å². The second-order valence-electron chi connectivity index (χ2n) is 12.0. The Morgan fingerprint density at radius 3 is 1.86 bits per heavy atom. The Kier molecular flexibility index (Phi) is 7.03. The molecule has 3 atom stereocenters. The lowest BCUT2D eigenvalue weighted by molar-refractivity contribution is 0.407. The molecule has 3 aromatic carbocycles. The van der Waals surface area contributed by atoms with Crippen molar-refractivity contribution in [2.45, 2.75) is 79.2 Å². The van der Waals surface area contributed by atoms with Crippen LogP contribution in [0.2, 0.25) is 0 Å². The van der Waals surface area contributed by atoms with Gasteiger partial charge in [0.25, 0.3) is 0 Å². The number of benzene rings is 3. The van der Waals surface area contributed by atoms with Crippen molar-refractivity contribution in [1.82, 2.24) is 5.32 Å². The van der Waals surface area contributed by atoms with Crippen LogP contribution in [0.25, 0.3) is 16.7 Å². The summed E-state index contributed by atoms with van der Waals surface area (Å²) in [6.45, 7) is 17.1. The van der Waals surface area contributed by atoms with Crippen molar-refractivity contribution in [3.63, 3.8) is 0 Å². The fourth-order valence-electron chi connectivity index (χ4n) is 7.35. The maximum Gasteiger partial charge on any atom is 0.0327 e. The Bertz CT molecular complexity index is 1320. The fraction of sp³-hybridized carbons (Fsp3) is 0.389. The summed E-state index contributed by atoms with van der Waals surface area (Å²) in [6, 6.07) is 24.0. The summed E-state index contributed by atoms with van der Waals surface area (Å²) in [5, 5.41) is 3.84. The average Bonchev–Trinajstić information content (AvgIpc) is 3.39. The number of aryl methyl sites for hydroxylation is 3. The third kappa shape index (κ3) is 4.75. The normalized spacial score (nSPS) is 21.6. The number of nitrogens with one attached hydrogen (secondary N) is 1. The highest BCUT2D eigenvalue weighted by Gasteiger charge is 2.39. The summed E-state index contributed by atoms with van der Waals surface area (Å²) < 4.78 is 0. The SMILES string of the molecule is CC1=CC(C)=C(c2ccc([C@@](C)(c3ccc(-c4c(C)cc(C)cc4C)cc3)C3CCCN3)cc2)C(C)C1. The number of hydrogen-bond donors (Lipinski definition) is 1. The van der Waals surface area contributed by atoms with Crippen LogP contribution in [0.15, 0.2) is 77.9 Å². The molecule has 0 spiro atoms. The quantitative estimate of drug-likeness (QED) is 0.377. The first-order valence-electron chi connectivity index (χ1n) is 14.1. The minimum absolute atomic E-state index is 0.0803. The van der Waals surface area contributed by atoms with Crippen molar-refractivity contribution in [1.29, 1.82) is 0 Å². The molecule has 0 amide bonds. The Morgan fingerprint density at radius 2 is 1.35 bits per heavy atom. The van der Waals surface area contributed by atoms with Gasteiger partial charge in [0.15, 0.2) is 0 Å². The van der Waals surface area contributed by atoms with Crippen molar-refractivity contribution < 1.29 is 0 Å². The summed E-state index contributed by atoms with van der Waals surface area (Å²) in [4.78, 5) is 0. The molecule has 1 N–H and O–H groups in total. The highest BCUT2D eigenvalue weighted by Crippen LogP contribution is 2.42. The van der Waals surface area contributed by atoms with Crippen LogP contribution in [0, 0.1) is 26.7 Å². The maximum absolute atomic E-state index is 3.84. The first kappa shape index (κ1) is 25.7. The van der Waals surface area contributed by atoms with Gasteiger partial charge in [-0.15, -0.1) is 0 Å². The first-order chi connectivity index (χ1) is 17.7. The van der Waals surface area contributed by atoms with E-state index in [4.69, 9.17) is 0 Å². The van der Waals surface area contributed by atoms with Gasteiger partial charge < -0.3 is 5.32 Å². The zero-order valence-electron chi connectivity index (χ0n) is 23.8. The summed E-state index contributed by atoms with van der Waals surface area (Å²) in [5.41, 5.74) is 15.2. The molecule has 1 aliphatic carbocycles. The van der Waals surface area contributed by atoms with Crippen LogP contribution in [0.5, 0.6) is 0 Å². The van der Waals surface area contributed by atoms with Crippen molar-refractivity contribution in [2.75, 3.05) is 6.54 Å². The molecule has 0 bridgehead atoms. The molecule has 1 fully saturated rings. The van der Waals surface area contributed by atoms with Gasteiger partial charge in [0.05, 0.1) is 0 Å². The van der Waals surface area contributed by atoms with Crippen LogP contribution in [0.4, 0.5) is 0 Å². The topological polar surface area (TPSA) is 12.0 Å². The smallest absolute Gasteiger partial charge is 0.0327 e. The Labute approximate surface area is 224 Å². The van der Waals surface area contributed by atoms with E-state index >= 15 is 0 Å². The zero-order valence-corrected chi connectivity index (χ0v) is 23.8. The molecule has 1 aliphatic heterocycles. The fourth-order valence-corrected chi connectivity index (χ4v) is 7.35. The van der Waals surface area contributed by atoms with Crippen LogP contribution in [-0.4, -0.2) is 12.6 Å². The first-order valence-corrected chi connectivity index (χ1v) is 14.1. The van der Waals surface area contributed by atoms with Gasteiger partial charge in [-0.25, -0.2) is 0 Å². The van der Waals surface area contributed by atoms with Gasteiger partial charge in [0, 0.05) is 11.5 Å². The van der Waals surface area contributed by atoms with Gasteiger partial charge in [0.1, 0.15) is 0 Å². The Balaban J connectivity index is 1.54. The third-order valence-electron chi connectivity index (χ3n) is 9.01. The molecule has 192 valence electrons. The van der Waals surface area contributed by atoms with Crippen LogP contribution in [0.3, 0.4) is 0 Å². The van der Waals surface area contributed by atoms with E-state index in [-0.39, 0.29) is 5.41 Å². The summed E-state index contributed by atoms with van der Waals surface area (Å²) >= 11 is 0. The van der Waals surface area contributed by atoms with E-state index in [1.54, 1.807) is 0 Å². The number of hydrogen-bond acceptors (Lipinski definition) is 1. The number of rotatable bonds is 5. The highest BCUT2D eigenvalue weighted by molar-refractivity contribution is 5.74. The van der Waals surface area contributed by atoms with E-state index in [2.05, 4.69) is 121 Å². The second kappa shape index (κ2) is 10.1. The third-order valence-corrected chi connectivity index (χ3v) is 9.01. The molecule has 0 saturated carbocycles. The highest BCUT2D eigenvalue weighted by atomic mass is 15.0. The minimum Gasteiger partial charge on any atom is -0.313 e. The Morgan fingerprint density at radius 1 is 0.784 bits per heavy atom. The Hall–Kier alpha value is -2.90. The minimum atomic E-state index is -0.0803. The average molecular weight is 490 g/mol. The molecular formula is C36H43N. The monoisotopic (exact) mass is 489 g/mol. The molecular weight excluding hydrogens is 446 g/mol.